The van der Waals surface area contributed by atoms with Crippen molar-refractivity contribution in [2.75, 3.05) is 0 Å². The molecule has 7 heteroatoms. The Kier molecular flexibility index (Phi) is 3.21. The number of hydrogen-bond acceptors (Lipinski definition) is 3. The van der Waals surface area contributed by atoms with E-state index in [4.69, 9.17) is 0 Å². The third-order valence-corrected chi connectivity index (χ3v) is 3.99. The summed E-state index contributed by atoms with van der Waals surface area (Å²) >= 11 is 3.33. The van der Waals surface area contributed by atoms with Crippen LogP contribution in [0.1, 0.15) is 16.2 Å². The van der Waals surface area contributed by atoms with Gasteiger partial charge in [0.25, 0.3) is 0 Å². The van der Waals surface area contributed by atoms with Gasteiger partial charge in [-0.05, 0) is 41.1 Å². The summed E-state index contributed by atoms with van der Waals surface area (Å²) in [6.07, 6.45) is 0. The van der Waals surface area contributed by atoms with Crippen molar-refractivity contribution < 1.29 is 14.3 Å². The first-order valence-electron chi connectivity index (χ1n) is 6.03. The zero-order valence-corrected chi connectivity index (χ0v) is 12.4. The first-order valence-corrected chi connectivity index (χ1v) is 6.82. The van der Waals surface area contributed by atoms with Crippen LogP contribution in [0.2, 0.25) is 0 Å². The van der Waals surface area contributed by atoms with Crippen LogP contribution in [0.25, 0.3) is 16.9 Å². The fraction of sp³-hybridized carbons (Fsp3) is 0.0714. The van der Waals surface area contributed by atoms with Gasteiger partial charge >= 0.3 is 5.97 Å². The van der Waals surface area contributed by atoms with Crippen LogP contribution in [0.4, 0.5) is 4.39 Å². The number of aryl methyl sites for hydroxylation is 1. The molecule has 0 aliphatic carbocycles. The quantitative estimate of drug-likeness (QED) is 0.770. The van der Waals surface area contributed by atoms with Gasteiger partial charge in [-0.1, -0.05) is 12.1 Å². The SMILES string of the molecule is Cc1nn2c(C(=O)O)cc(-c3ccccc3F)nc2c1Br. The van der Waals surface area contributed by atoms with Crippen molar-refractivity contribution in [2.45, 2.75) is 6.92 Å². The highest BCUT2D eigenvalue weighted by molar-refractivity contribution is 9.10. The number of aromatic nitrogens is 3. The molecule has 106 valence electrons. The van der Waals surface area contributed by atoms with Gasteiger partial charge in [-0.3, -0.25) is 0 Å². The van der Waals surface area contributed by atoms with Gasteiger partial charge in [0.05, 0.1) is 15.9 Å². The molecule has 0 spiro atoms. The van der Waals surface area contributed by atoms with Crippen LogP contribution in [0.3, 0.4) is 0 Å². The fourth-order valence-corrected chi connectivity index (χ4v) is 2.39. The van der Waals surface area contributed by atoms with Gasteiger partial charge in [-0.25, -0.2) is 18.7 Å². The summed E-state index contributed by atoms with van der Waals surface area (Å²) in [4.78, 5) is 15.7. The molecule has 0 unspecified atom stereocenters. The Morgan fingerprint density at radius 3 is 2.76 bits per heavy atom. The fourth-order valence-electron chi connectivity index (χ4n) is 2.06. The number of nitrogens with zero attached hydrogens (tertiary/aromatic N) is 3. The number of aromatic carboxylic acids is 1. The molecule has 0 aliphatic rings. The molecule has 0 bridgehead atoms. The van der Waals surface area contributed by atoms with Crippen LogP contribution >= 0.6 is 15.9 Å². The standard InChI is InChI=1S/C14H9BrFN3O2/c1-7-12(15)13-17-10(8-4-2-3-5-9(8)16)6-11(14(20)21)19(13)18-7/h2-6H,1H3,(H,20,21). The first-order chi connectivity index (χ1) is 9.99. The number of carboxylic acid groups (broad SMARTS) is 1. The molecule has 3 aromatic rings. The highest BCUT2D eigenvalue weighted by atomic mass is 79.9. The first kappa shape index (κ1) is 13.7. The van der Waals surface area contributed by atoms with E-state index in [9.17, 15) is 14.3 Å². The zero-order chi connectivity index (χ0) is 15.1. The zero-order valence-electron chi connectivity index (χ0n) is 10.8. The number of carbonyl (C=O) groups is 1. The summed E-state index contributed by atoms with van der Waals surface area (Å²) in [5.41, 5.74) is 1.36. The normalized spacial score (nSPS) is 11.0. The highest BCUT2D eigenvalue weighted by Crippen LogP contribution is 2.27. The maximum Gasteiger partial charge on any atom is 0.354 e. The Morgan fingerprint density at radius 2 is 2.10 bits per heavy atom. The molecule has 0 saturated heterocycles. The Labute approximate surface area is 127 Å². The van der Waals surface area contributed by atoms with Crippen molar-refractivity contribution >= 4 is 27.5 Å². The summed E-state index contributed by atoms with van der Waals surface area (Å²) in [5, 5.41) is 13.4. The van der Waals surface area contributed by atoms with Crippen molar-refractivity contribution in [3.05, 3.63) is 52.0 Å². The number of rotatable bonds is 2. The van der Waals surface area contributed by atoms with E-state index < -0.39 is 11.8 Å². The smallest absolute Gasteiger partial charge is 0.354 e. The van der Waals surface area contributed by atoms with Crippen molar-refractivity contribution in [1.29, 1.82) is 0 Å². The van der Waals surface area contributed by atoms with Crippen LogP contribution in [-0.4, -0.2) is 25.7 Å². The average molecular weight is 350 g/mol. The van der Waals surface area contributed by atoms with E-state index in [1.165, 1.54) is 16.6 Å². The van der Waals surface area contributed by atoms with Gasteiger partial charge in [-0.15, -0.1) is 0 Å². The van der Waals surface area contributed by atoms with E-state index in [-0.39, 0.29) is 17.0 Å². The Bertz CT molecular complexity index is 876. The topological polar surface area (TPSA) is 67.5 Å². The minimum absolute atomic E-state index is 0.0768. The van der Waals surface area contributed by atoms with E-state index >= 15 is 0 Å². The lowest BCUT2D eigenvalue weighted by Crippen LogP contribution is -2.08. The largest absolute Gasteiger partial charge is 0.477 e. The molecule has 21 heavy (non-hydrogen) atoms. The van der Waals surface area contributed by atoms with Gasteiger partial charge < -0.3 is 5.11 Å². The van der Waals surface area contributed by atoms with Crippen molar-refractivity contribution in [1.82, 2.24) is 14.6 Å². The summed E-state index contributed by atoms with van der Waals surface area (Å²) in [5.74, 6) is -1.62. The number of halogens is 2. The van der Waals surface area contributed by atoms with Crippen LogP contribution < -0.4 is 0 Å². The van der Waals surface area contributed by atoms with E-state index in [2.05, 4.69) is 26.0 Å². The number of carboxylic acids is 1. The van der Waals surface area contributed by atoms with Gasteiger partial charge in [0.15, 0.2) is 11.3 Å². The predicted molar refractivity (Wildman–Crippen MR) is 77.8 cm³/mol. The second kappa shape index (κ2) is 4.92. The van der Waals surface area contributed by atoms with Gasteiger partial charge in [0, 0.05) is 5.56 Å². The molecular formula is C14H9BrFN3O2. The predicted octanol–water partition coefficient (Wildman–Crippen LogP) is 3.30. The van der Waals surface area contributed by atoms with Crippen LogP contribution in [0.15, 0.2) is 34.8 Å². The van der Waals surface area contributed by atoms with Crippen LogP contribution in [-0.2, 0) is 0 Å². The molecule has 1 N–H and O–H groups in total. The highest BCUT2D eigenvalue weighted by Gasteiger charge is 2.19. The van der Waals surface area contributed by atoms with E-state index in [1.807, 2.05) is 0 Å². The minimum Gasteiger partial charge on any atom is -0.477 e. The molecule has 0 radical (unpaired) electrons. The Hall–Kier alpha value is -2.28. The van der Waals surface area contributed by atoms with Crippen molar-refractivity contribution in [2.24, 2.45) is 0 Å². The summed E-state index contributed by atoms with van der Waals surface area (Å²) in [6, 6.07) is 7.40. The monoisotopic (exact) mass is 349 g/mol. The van der Waals surface area contributed by atoms with Crippen molar-refractivity contribution in [3.8, 4) is 11.3 Å². The molecule has 1 aromatic carbocycles. The third kappa shape index (κ3) is 2.19. The lowest BCUT2D eigenvalue weighted by atomic mass is 10.1. The molecule has 0 saturated carbocycles. The summed E-state index contributed by atoms with van der Waals surface area (Å²) < 4.78 is 15.7. The van der Waals surface area contributed by atoms with E-state index in [0.29, 0.717) is 15.8 Å². The molecule has 0 aliphatic heterocycles. The molecule has 2 aromatic heterocycles. The van der Waals surface area contributed by atoms with Gasteiger partial charge in [0.1, 0.15) is 5.82 Å². The maximum atomic E-state index is 13.9. The molecule has 5 nitrogen and oxygen atoms in total. The van der Waals surface area contributed by atoms with Gasteiger partial charge in [-0.2, -0.15) is 5.10 Å². The minimum atomic E-state index is -1.16. The second-order valence-electron chi connectivity index (χ2n) is 4.45. The number of fused-ring (bicyclic) bond motifs is 1. The third-order valence-electron chi connectivity index (χ3n) is 3.06. The average Bonchev–Trinajstić information content (AvgIpc) is 2.74. The summed E-state index contributed by atoms with van der Waals surface area (Å²) in [7, 11) is 0. The van der Waals surface area contributed by atoms with E-state index in [1.54, 1.807) is 25.1 Å². The second-order valence-corrected chi connectivity index (χ2v) is 5.24. The van der Waals surface area contributed by atoms with Crippen LogP contribution in [0, 0.1) is 12.7 Å². The number of benzene rings is 1. The van der Waals surface area contributed by atoms with E-state index in [0.717, 1.165) is 0 Å². The molecular weight excluding hydrogens is 341 g/mol. The molecule has 2 heterocycles. The Balaban J connectivity index is 2.38. The molecule has 0 fully saturated rings. The molecule has 0 amide bonds. The lowest BCUT2D eigenvalue weighted by molar-refractivity contribution is 0.0687. The summed E-state index contributed by atoms with van der Waals surface area (Å²) in [6.45, 7) is 1.73. The Morgan fingerprint density at radius 1 is 1.38 bits per heavy atom. The molecule has 0 atom stereocenters. The van der Waals surface area contributed by atoms with Crippen molar-refractivity contribution in [3.63, 3.8) is 0 Å². The number of hydrogen-bond donors (Lipinski definition) is 1. The lowest BCUT2D eigenvalue weighted by Gasteiger charge is -2.06. The molecule has 3 rings (SSSR count). The van der Waals surface area contributed by atoms with Crippen LogP contribution in [0.5, 0.6) is 0 Å². The maximum absolute atomic E-state index is 13.9. The van der Waals surface area contributed by atoms with Gasteiger partial charge in [0.2, 0.25) is 0 Å².